The number of nitrogens with zero attached hydrogens (tertiary/aromatic N) is 1. The summed E-state index contributed by atoms with van der Waals surface area (Å²) < 4.78 is 0. The number of hydrogen-bond donors (Lipinski definition) is 0. The Morgan fingerprint density at radius 3 is 3.11 bits per heavy atom. The lowest BCUT2D eigenvalue weighted by Gasteiger charge is -2.04. The third kappa shape index (κ3) is 1.72. The quantitative estimate of drug-likeness (QED) is 0.542. The lowest BCUT2D eigenvalue weighted by Crippen LogP contribution is -1.99. The van der Waals surface area contributed by atoms with Crippen LogP contribution in [-0.4, -0.2) is 11.5 Å². The molecule has 1 rings (SSSR count). The second kappa shape index (κ2) is 2.87. The maximum absolute atomic E-state index is 4.24. The number of rotatable bonds is 1. The highest BCUT2D eigenvalue weighted by Gasteiger charge is 1.98. The van der Waals surface area contributed by atoms with Crippen molar-refractivity contribution in [3.05, 3.63) is 23.8 Å². The lowest BCUT2D eigenvalue weighted by atomic mass is 10.4. The smallest absolute Gasteiger partial charge is 0.0503 e. The van der Waals surface area contributed by atoms with E-state index in [0.29, 0.717) is 0 Å². The van der Waals surface area contributed by atoms with E-state index in [-0.39, 0.29) is 0 Å². The van der Waals surface area contributed by atoms with Gasteiger partial charge < -0.3 is 0 Å². The van der Waals surface area contributed by atoms with E-state index in [1.165, 1.54) is 0 Å². The molecular formula is C7H9NS. The van der Waals surface area contributed by atoms with Crippen molar-refractivity contribution in [3.63, 3.8) is 0 Å². The number of aliphatic imine (C=N–C) groups is 1. The van der Waals surface area contributed by atoms with Gasteiger partial charge in [0.15, 0.2) is 0 Å². The van der Waals surface area contributed by atoms with E-state index in [1.54, 1.807) is 11.8 Å². The Labute approximate surface area is 59.6 Å². The molecule has 0 atom stereocenters. The van der Waals surface area contributed by atoms with Crippen LogP contribution in [0.25, 0.3) is 0 Å². The molecule has 48 valence electrons. The molecule has 0 unspecified atom stereocenters. The predicted molar refractivity (Wildman–Crippen MR) is 43.8 cm³/mol. The van der Waals surface area contributed by atoms with E-state index in [4.69, 9.17) is 0 Å². The zero-order valence-corrected chi connectivity index (χ0v) is 6.24. The minimum absolute atomic E-state index is 0.973. The molecule has 9 heavy (non-hydrogen) atoms. The Hall–Kier alpha value is -0.500. The number of allylic oxidation sites excluding steroid dienone is 2. The van der Waals surface area contributed by atoms with Crippen LogP contribution in [0.4, 0.5) is 0 Å². The topological polar surface area (TPSA) is 12.4 Å². The number of thioether (sulfide) groups is 1. The fourth-order valence-electron chi connectivity index (χ4n) is 0.637. The highest BCUT2D eigenvalue weighted by molar-refractivity contribution is 8.02. The molecule has 1 heterocycles. The van der Waals surface area contributed by atoms with Crippen molar-refractivity contribution in [1.82, 2.24) is 0 Å². The van der Waals surface area contributed by atoms with E-state index < -0.39 is 0 Å². The molecule has 0 fully saturated rings. The zero-order chi connectivity index (χ0) is 6.69. The van der Waals surface area contributed by atoms with E-state index >= 15 is 0 Å². The summed E-state index contributed by atoms with van der Waals surface area (Å²) in [5.41, 5.74) is 2.17. The average molecular weight is 139 g/mol. The summed E-state index contributed by atoms with van der Waals surface area (Å²) in [6.45, 7) is 5.64. The molecule has 0 saturated carbocycles. The second-order valence-corrected chi connectivity index (χ2v) is 2.74. The van der Waals surface area contributed by atoms with Crippen molar-refractivity contribution >= 4 is 17.5 Å². The molecule has 0 bridgehead atoms. The van der Waals surface area contributed by atoms with Crippen molar-refractivity contribution < 1.29 is 0 Å². The van der Waals surface area contributed by atoms with E-state index in [2.05, 4.69) is 17.0 Å². The summed E-state index contributed by atoms with van der Waals surface area (Å²) in [5.74, 6) is 0.973. The Morgan fingerprint density at radius 2 is 2.67 bits per heavy atom. The average Bonchev–Trinajstić information content (AvgIpc) is 1.88. The van der Waals surface area contributed by atoms with Gasteiger partial charge in [-0.15, -0.1) is 11.8 Å². The normalized spacial score (nSPS) is 18.3. The van der Waals surface area contributed by atoms with Crippen LogP contribution in [0.15, 0.2) is 28.8 Å². The first-order chi connectivity index (χ1) is 4.33. The van der Waals surface area contributed by atoms with Gasteiger partial charge in [0.2, 0.25) is 0 Å². The minimum atomic E-state index is 0.973. The molecule has 0 saturated heterocycles. The Balaban J connectivity index is 2.74. The van der Waals surface area contributed by atoms with Crippen LogP contribution in [0.5, 0.6) is 0 Å². The van der Waals surface area contributed by atoms with Gasteiger partial charge in [0.25, 0.3) is 0 Å². The molecule has 0 spiro atoms. The highest BCUT2D eigenvalue weighted by Crippen LogP contribution is 2.14. The minimum Gasteiger partial charge on any atom is -0.257 e. The largest absolute Gasteiger partial charge is 0.257 e. The summed E-state index contributed by atoms with van der Waals surface area (Å²) in [4.78, 5) is 4.24. The van der Waals surface area contributed by atoms with Gasteiger partial charge >= 0.3 is 0 Å². The van der Waals surface area contributed by atoms with Gasteiger partial charge in [-0.3, -0.25) is 4.99 Å². The summed E-state index contributed by atoms with van der Waals surface area (Å²) in [5, 5.41) is 2.06. The molecule has 0 aromatic heterocycles. The van der Waals surface area contributed by atoms with E-state index in [0.717, 1.165) is 17.2 Å². The summed E-state index contributed by atoms with van der Waals surface area (Å²) in [7, 11) is 0. The van der Waals surface area contributed by atoms with Gasteiger partial charge in [-0.25, -0.2) is 0 Å². The fourth-order valence-corrected chi connectivity index (χ4v) is 1.37. The second-order valence-electron chi connectivity index (χ2n) is 1.88. The van der Waals surface area contributed by atoms with Crippen LogP contribution in [-0.2, 0) is 0 Å². The zero-order valence-electron chi connectivity index (χ0n) is 5.42. The summed E-state index contributed by atoms with van der Waals surface area (Å²) in [6, 6.07) is 0. The SMILES string of the molecule is C=CC1=NC(C)=CSC1. The molecule has 1 nitrogen and oxygen atoms in total. The van der Waals surface area contributed by atoms with Crippen molar-refractivity contribution in [2.45, 2.75) is 6.92 Å². The molecule has 0 radical (unpaired) electrons. The van der Waals surface area contributed by atoms with Crippen LogP contribution >= 0.6 is 11.8 Å². The van der Waals surface area contributed by atoms with Crippen molar-refractivity contribution in [2.24, 2.45) is 4.99 Å². The maximum atomic E-state index is 4.24. The number of hydrogen-bond acceptors (Lipinski definition) is 2. The van der Waals surface area contributed by atoms with Crippen molar-refractivity contribution in [2.75, 3.05) is 5.75 Å². The van der Waals surface area contributed by atoms with Gasteiger partial charge in [-0.1, -0.05) is 6.58 Å². The van der Waals surface area contributed by atoms with Gasteiger partial charge in [-0.2, -0.15) is 0 Å². The molecule has 0 aromatic rings. The van der Waals surface area contributed by atoms with Crippen molar-refractivity contribution in [3.8, 4) is 0 Å². The van der Waals surface area contributed by atoms with Crippen LogP contribution in [0.3, 0.4) is 0 Å². The van der Waals surface area contributed by atoms with Gasteiger partial charge in [0, 0.05) is 11.4 Å². The molecule has 0 aromatic carbocycles. The Morgan fingerprint density at radius 1 is 1.89 bits per heavy atom. The predicted octanol–water partition coefficient (Wildman–Crippen LogP) is 2.22. The first-order valence-corrected chi connectivity index (χ1v) is 3.86. The summed E-state index contributed by atoms with van der Waals surface area (Å²) >= 11 is 1.77. The van der Waals surface area contributed by atoms with Crippen LogP contribution < -0.4 is 0 Å². The lowest BCUT2D eigenvalue weighted by molar-refractivity contribution is 1.31. The Kier molecular flexibility index (Phi) is 2.11. The van der Waals surface area contributed by atoms with E-state index in [9.17, 15) is 0 Å². The monoisotopic (exact) mass is 139 g/mol. The highest BCUT2D eigenvalue weighted by atomic mass is 32.2. The van der Waals surface area contributed by atoms with Gasteiger partial charge in [0.1, 0.15) is 0 Å². The fraction of sp³-hybridized carbons (Fsp3) is 0.286. The first kappa shape index (κ1) is 6.62. The maximum Gasteiger partial charge on any atom is 0.0503 e. The van der Waals surface area contributed by atoms with Crippen LogP contribution in [0.2, 0.25) is 0 Å². The third-order valence-electron chi connectivity index (χ3n) is 1.04. The summed E-state index contributed by atoms with van der Waals surface area (Å²) in [6.07, 6.45) is 1.81. The van der Waals surface area contributed by atoms with Crippen LogP contribution in [0.1, 0.15) is 6.92 Å². The molecule has 0 amide bonds. The molecule has 0 aliphatic carbocycles. The molecule has 1 aliphatic rings. The Bertz CT molecular complexity index is 179. The van der Waals surface area contributed by atoms with Crippen LogP contribution in [0, 0.1) is 0 Å². The third-order valence-corrected chi connectivity index (χ3v) is 2.01. The molecule has 2 heteroatoms. The van der Waals surface area contributed by atoms with Gasteiger partial charge in [-0.05, 0) is 18.4 Å². The molecular weight excluding hydrogens is 130 g/mol. The standard InChI is InChI=1S/C7H9NS/c1-3-7-5-9-4-6(2)8-7/h3-4H,1,5H2,2H3. The van der Waals surface area contributed by atoms with Gasteiger partial charge in [0.05, 0.1) is 5.71 Å². The molecule has 1 aliphatic heterocycles. The molecule has 0 N–H and O–H groups in total. The van der Waals surface area contributed by atoms with Crippen molar-refractivity contribution in [1.29, 1.82) is 0 Å². The van der Waals surface area contributed by atoms with E-state index in [1.807, 2.05) is 13.0 Å². The first-order valence-electron chi connectivity index (χ1n) is 2.81.